The van der Waals surface area contributed by atoms with Gasteiger partial charge < -0.3 is 10.2 Å². The lowest BCUT2D eigenvalue weighted by atomic mass is 10.2. The fourth-order valence-electron chi connectivity index (χ4n) is 2.51. The lowest BCUT2D eigenvalue weighted by Crippen LogP contribution is -2.23. The monoisotopic (exact) mass is 224 g/mol. The van der Waals surface area contributed by atoms with Crippen molar-refractivity contribution in [3.63, 3.8) is 0 Å². The maximum Gasteiger partial charge on any atom is 0.0677 e. The lowest BCUT2D eigenvalue weighted by Gasteiger charge is -2.15. The van der Waals surface area contributed by atoms with Crippen LogP contribution in [0.15, 0.2) is 10.6 Å². The molecule has 2 saturated carbocycles. The molecule has 2 nitrogen and oxygen atoms in total. The molecule has 2 fully saturated rings. The highest BCUT2D eigenvalue weighted by Crippen LogP contribution is 2.46. The van der Waals surface area contributed by atoms with Gasteiger partial charge in [0.2, 0.25) is 0 Å². The summed E-state index contributed by atoms with van der Waals surface area (Å²) in [5.41, 5.74) is 1.62. The van der Waals surface area contributed by atoms with Crippen LogP contribution in [0.25, 0.3) is 0 Å². The van der Waals surface area contributed by atoms with E-state index in [2.05, 4.69) is 24.2 Å². The van der Waals surface area contributed by atoms with Gasteiger partial charge in [-0.1, -0.05) is 0 Å². The van der Waals surface area contributed by atoms with Crippen molar-refractivity contribution < 1.29 is 0 Å². The van der Waals surface area contributed by atoms with Crippen LogP contribution in [0.3, 0.4) is 0 Å². The van der Waals surface area contributed by atoms with Crippen molar-refractivity contribution in [2.45, 2.75) is 32.2 Å². The highest BCUT2D eigenvalue weighted by atomic mass is 32.2. The number of hydrogen-bond acceptors (Lipinski definition) is 3. The van der Waals surface area contributed by atoms with E-state index in [9.17, 15) is 0 Å². The molecule has 2 unspecified atom stereocenters. The van der Waals surface area contributed by atoms with Crippen LogP contribution in [0, 0.1) is 11.8 Å². The van der Waals surface area contributed by atoms with E-state index in [0.29, 0.717) is 0 Å². The molecular weight excluding hydrogens is 204 g/mol. The Kier molecular flexibility index (Phi) is 2.48. The molecule has 0 aromatic carbocycles. The van der Waals surface area contributed by atoms with Gasteiger partial charge in [0.05, 0.1) is 5.88 Å². The Hall–Kier alpha value is -0.150. The number of nitrogens with zero attached hydrogens (tertiary/aromatic N) is 1. The molecule has 0 aromatic heterocycles. The van der Waals surface area contributed by atoms with Crippen LogP contribution in [-0.2, 0) is 0 Å². The van der Waals surface area contributed by atoms with Crippen LogP contribution in [-0.4, -0.2) is 30.4 Å². The average molecular weight is 224 g/mol. The zero-order chi connectivity index (χ0) is 10.4. The minimum atomic E-state index is 0.789. The van der Waals surface area contributed by atoms with Crippen molar-refractivity contribution >= 4 is 11.8 Å². The van der Waals surface area contributed by atoms with Crippen LogP contribution in [0.4, 0.5) is 0 Å². The van der Waals surface area contributed by atoms with Crippen molar-refractivity contribution in [2.75, 3.05) is 19.5 Å². The molecule has 1 N–H and O–H groups in total. The SMILES string of the molecule is CC1=C(C2CC2NCC2CC2)N(C)CS1. The Morgan fingerprint density at radius 1 is 1.47 bits per heavy atom. The summed E-state index contributed by atoms with van der Waals surface area (Å²) < 4.78 is 0. The number of thioether (sulfide) groups is 1. The van der Waals surface area contributed by atoms with Crippen LogP contribution in [0.5, 0.6) is 0 Å². The predicted molar refractivity (Wildman–Crippen MR) is 65.5 cm³/mol. The minimum absolute atomic E-state index is 0.789. The summed E-state index contributed by atoms with van der Waals surface area (Å²) >= 11 is 2.00. The van der Waals surface area contributed by atoms with E-state index in [4.69, 9.17) is 0 Å². The second-order valence-electron chi connectivity index (χ2n) is 5.21. The Morgan fingerprint density at radius 3 is 2.87 bits per heavy atom. The second-order valence-corrected chi connectivity index (χ2v) is 6.37. The Balaban J connectivity index is 1.54. The van der Waals surface area contributed by atoms with Crippen molar-refractivity contribution in [2.24, 2.45) is 11.8 Å². The summed E-state index contributed by atoms with van der Waals surface area (Å²) in [6, 6.07) is 0.789. The minimum Gasteiger partial charge on any atom is -0.367 e. The van der Waals surface area contributed by atoms with Gasteiger partial charge in [0.1, 0.15) is 0 Å². The third-order valence-corrected chi connectivity index (χ3v) is 4.91. The smallest absolute Gasteiger partial charge is 0.0677 e. The summed E-state index contributed by atoms with van der Waals surface area (Å²) in [5, 5.41) is 3.72. The van der Waals surface area contributed by atoms with E-state index in [-0.39, 0.29) is 0 Å². The largest absolute Gasteiger partial charge is 0.367 e. The molecule has 1 heterocycles. The highest BCUT2D eigenvalue weighted by Gasteiger charge is 2.43. The van der Waals surface area contributed by atoms with Gasteiger partial charge in [0.15, 0.2) is 0 Å². The summed E-state index contributed by atoms with van der Waals surface area (Å²) in [4.78, 5) is 3.99. The summed E-state index contributed by atoms with van der Waals surface area (Å²) in [5.74, 6) is 2.99. The molecule has 1 aliphatic heterocycles. The van der Waals surface area contributed by atoms with E-state index in [1.54, 1.807) is 10.6 Å². The average Bonchev–Trinajstić information content (AvgIpc) is 3.08. The number of allylic oxidation sites excluding steroid dienone is 1. The molecule has 3 aliphatic rings. The van der Waals surface area contributed by atoms with Crippen LogP contribution < -0.4 is 5.32 Å². The fraction of sp³-hybridized carbons (Fsp3) is 0.833. The summed E-state index contributed by atoms with van der Waals surface area (Å²) in [7, 11) is 2.23. The number of rotatable bonds is 4. The molecule has 0 spiro atoms. The van der Waals surface area contributed by atoms with Crippen molar-refractivity contribution in [3.8, 4) is 0 Å². The Bertz CT molecular complexity index is 296. The zero-order valence-electron chi connectivity index (χ0n) is 9.62. The lowest BCUT2D eigenvalue weighted by molar-refractivity contribution is 0.458. The molecule has 2 aliphatic carbocycles. The van der Waals surface area contributed by atoms with E-state index in [1.807, 2.05) is 11.8 Å². The molecule has 0 bridgehead atoms. The van der Waals surface area contributed by atoms with Gasteiger partial charge in [-0.15, -0.1) is 11.8 Å². The van der Waals surface area contributed by atoms with Crippen molar-refractivity contribution in [1.82, 2.24) is 10.2 Å². The molecule has 15 heavy (non-hydrogen) atoms. The third kappa shape index (κ3) is 2.04. The Labute approximate surface area is 96.5 Å². The number of hydrogen-bond donors (Lipinski definition) is 1. The molecule has 0 amide bonds. The second kappa shape index (κ2) is 3.70. The van der Waals surface area contributed by atoms with Crippen molar-refractivity contribution in [3.05, 3.63) is 10.6 Å². The highest BCUT2D eigenvalue weighted by molar-refractivity contribution is 8.03. The molecule has 0 saturated heterocycles. The van der Waals surface area contributed by atoms with Gasteiger partial charge in [0.25, 0.3) is 0 Å². The van der Waals surface area contributed by atoms with Gasteiger partial charge in [0, 0.05) is 29.6 Å². The van der Waals surface area contributed by atoms with Gasteiger partial charge >= 0.3 is 0 Å². The van der Waals surface area contributed by atoms with Crippen LogP contribution in [0.2, 0.25) is 0 Å². The molecule has 3 heteroatoms. The van der Waals surface area contributed by atoms with E-state index < -0.39 is 0 Å². The van der Waals surface area contributed by atoms with E-state index >= 15 is 0 Å². The van der Waals surface area contributed by atoms with Crippen LogP contribution in [0.1, 0.15) is 26.2 Å². The first-order chi connectivity index (χ1) is 7.25. The quantitative estimate of drug-likeness (QED) is 0.788. The Morgan fingerprint density at radius 2 is 2.27 bits per heavy atom. The molecule has 0 radical (unpaired) electrons. The first-order valence-corrected chi connectivity index (χ1v) is 7.02. The van der Waals surface area contributed by atoms with E-state index in [1.165, 1.54) is 25.8 Å². The number of nitrogens with one attached hydrogen (secondary N) is 1. The van der Waals surface area contributed by atoms with Gasteiger partial charge in [-0.3, -0.25) is 0 Å². The fourth-order valence-corrected chi connectivity index (χ4v) is 3.49. The maximum absolute atomic E-state index is 3.72. The van der Waals surface area contributed by atoms with Gasteiger partial charge in [-0.2, -0.15) is 0 Å². The zero-order valence-corrected chi connectivity index (χ0v) is 10.4. The summed E-state index contributed by atoms with van der Waals surface area (Å²) in [6.07, 6.45) is 4.29. The molecule has 0 aromatic rings. The molecule has 3 rings (SSSR count). The topological polar surface area (TPSA) is 15.3 Å². The molecule has 84 valence electrons. The molecular formula is C12H20N2S. The third-order valence-electron chi connectivity index (χ3n) is 3.75. The standard InChI is InChI=1S/C12H20N2S/c1-8-12(14(2)7-15-8)10-5-11(10)13-6-9-3-4-9/h9-11,13H,3-7H2,1-2H3. The van der Waals surface area contributed by atoms with E-state index in [0.717, 1.165) is 23.8 Å². The first-order valence-electron chi connectivity index (χ1n) is 6.04. The van der Waals surface area contributed by atoms with Crippen LogP contribution >= 0.6 is 11.8 Å². The first kappa shape index (κ1) is 10.0. The van der Waals surface area contributed by atoms with Gasteiger partial charge in [-0.25, -0.2) is 0 Å². The maximum atomic E-state index is 3.72. The molecule has 2 atom stereocenters. The van der Waals surface area contributed by atoms with Gasteiger partial charge in [-0.05, 0) is 38.6 Å². The predicted octanol–water partition coefficient (Wildman–Crippen LogP) is 2.24. The summed E-state index contributed by atoms with van der Waals surface area (Å²) in [6.45, 7) is 3.55. The normalized spacial score (nSPS) is 35.2. The van der Waals surface area contributed by atoms with Crippen molar-refractivity contribution in [1.29, 1.82) is 0 Å².